The lowest BCUT2D eigenvalue weighted by Gasteiger charge is -2.10. The molecule has 76 valence electrons. The predicted octanol–water partition coefficient (Wildman–Crippen LogP) is 1.29. The number of aryl methyl sites for hydroxylation is 1. The zero-order valence-electron chi connectivity index (χ0n) is 7.86. The smallest absolute Gasteiger partial charge is 0.163 e. The summed E-state index contributed by atoms with van der Waals surface area (Å²) in [6, 6.07) is 0. The fourth-order valence-corrected chi connectivity index (χ4v) is 2.76. The van der Waals surface area contributed by atoms with Crippen molar-refractivity contribution < 1.29 is 9.47 Å². The quantitative estimate of drug-likeness (QED) is 0.751. The van der Waals surface area contributed by atoms with Crippen molar-refractivity contribution in [1.29, 1.82) is 0 Å². The predicted molar refractivity (Wildman–Crippen MR) is 53.0 cm³/mol. The first kappa shape index (κ1) is 8.88. The maximum atomic E-state index is 5.69. The van der Waals surface area contributed by atoms with Crippen LogP contribution in [-0.4, -0.2) is 29.1 Å². The summed E-state index contributed by atoms with van der Waals surface area (Å²) in [5, 5.41) is 4.28. The molecule has 0 saturated carbocycles. The highest BCUT2D eigenvalue weighted by atomic mass is 79.9. The number of hydrogen-bond acceptors (Lipinski definition) is 3. The fourth-order valence-electron chi connectivity index (χ4n) is 2.13. The Labute approximate surface area is 90.3 Å². The van der Waals surface area contributed by atoms with Crippen molar-refractivity contribution in [3.05, 3.63) is 16.4 Å². The molecule has 1 aromatic rings. The fraction of sp³-hybridized carbons (Fsp3) is 0.667. The molecule has 3 heterocycles. The van der Waals surface area contributed by atoms with Crippen molar-refractivity contribution in [2.45, 2.75) is 25.2 Å². The van der Waals surface area contributed by atoms with Crippen LogP contribution in [0.15, 0.2) is 10.7 Å². The van der Waals surface area contributed by atoms with Crippen LogP contribution in [0.3, 0.4) is 0 Å². The van der Waals surface area contributed by atoms with Gasteiger partial charge in [-0.05, 0) is 22.9 Å². The van der Waals surface area contributed by atoms with Gasteiger partial charge < -0.3 is 9.47 Å². The molecule has 5 heteroatoms. The molecule has 1 aromatic heterocycles. The zero-order chi connectivity index (χ0) is 9.76. The summed E-state index contributed by atoms with van der Waals surface area (Å²) in [6.07, 6.45) is 2.06. The Balaban J connectivity index is 2.07. The second-order valence-electron chi connectivity index (χ2n) is 3.67. The van der Waals surface area contributed by atoms with E-state index in [9.17, 15) is 0 Å². The molecule has 4 nitrogen and oxygen atoms in total. The van der Waals surface area contributed by atoms with Gasteiger partial charge >= 0.3 is 0 Å². The highest BCUT2D eigenvalue weighted by Gasteiger charge is 2.64. The molecular weight excluding hydrogens is 248 g/mol. The summed E-state index contributed by atoms with van der Waals surface area (Å²) in [5.74, 6) is 0. The maximum absolute atomic E-state index is 5.69. The average Bonchev–Trinajstić information content (AvgIpc) is 2.59. The minimum Gasteiger partial charge on any atom is -0.375 e. The maximum Gasteiger partial charge on any atom is 0.163 e. The summed E-state index contributed by atoms with van der Waals surface area (Å²) in [5.41, 5.74) is 0.924. The van der Waals surface area contributed by atoms with Crippen molar-refractivity contribution in [2.75, 3.05) is 13.2 Å². The van der Waals surface area contributed by atoms with Gasteiger partial charge in [-0.3, -0.25) is 4.68 Å². The van der Waals surface area contributed by atoms with Crippen LogP contribution < -0.4 is 0 Å². The molecule has 14 heavy (non-hydrogen) atoms. The molecule has 0 N–H and O–H groups in total. The number of epoxide rings is 1. The Hall–Kier alpha value is -0.390. The van der Waals surface area contributed by atoms with Gasteiger partial charge in [0, 0.05) is 6.54 Å². The second-order valence-corrected chi connectivity index (χ2v) is 4.52. The standard InChI is InChI=1S/C9H11BrN2O2/c1-2-12-8(6(10)3-11-12)9-5-13-4-7(9)14-9/h3,7H,2,4-5H2,1H3/t7-,9-/m1/s1. The molecule has 0 spiro atoms. The first-order chi connectivity index (χ1) is 6.78. The highest BCUT2D eigenvalue weighted by Crippen LogP contribution is 2.52. The number of hydrogen-bond donors (Lipinski definition) is 0. The van der Waals surface area contributed by atoms with Gasteiger partial charge in [0.15, 0.2) is 5.60 Å². The van der Waals surface area contributed by atoms with Gasteiger partial charge in [-0.25, -0.2) is 0 Å². The van der Waals surface area contributed by atoms with Crippen LogP contribution in [0, 0.1) is 0 Å². The third-order valence-electron chi connectivity index (χ3n) is 2.90. The minimum absolute atomic E-state index is 0.203. The van der Waals surface area contributed by atoms with E-state index in [0.29, 0.717) is 13.2 Å². The Bertz CT molecular complexity index is 379. The molecule has 0 radical (unpaired) electrons. The van der Waals surface area contributed by atoms with Crippen LogP contribution in [0.1, 0.15) is 12.6 Å². The topological polar surface area (TPSA) is 39.6 Å². The van der Waals surface area contributed by atoms with Crippen LogP contribution in [0.5, 0.6) is 0 Å². The minimum atomic E-state index is -0.203. The highest BCUT2D eigenvalue weighted by molar-refractivity contribution is 9.10. The van der Waals surface area contributed by atoms with Gasteiger partial charge in [0.1, 0.15) is 6.10 Å². The van der Waals surface area contributed by atoms with E-state index < -0.39 is 0 Å². The molecule has 2 saturated heterocycles. The normalized spacial score (nSPS) is 34.6. The molecule has 0 aromatic carbocycles. The van der Waals surface area contributed by atoms with Crippen LogP contribution >= 0.6 is 15.9 Å². The Morgan fingerprint density at radius 1 is 1.79 bits per heavy atom. The van der Waals surface area contributed by atoms with E-state index in [1.165, 1.54) is 0 Å². The molecule has 2 atom stereocenters. The number of aromatic nitrogens is 2. The van der Waals surface area contributed by atoms with Gasteiger partial charge in [-0.1, -0.05) is 0 Å². The number of rotatable bonds is 2. The monoisotopic (exact) mass is 258 g/mol. The summed E-state index contributed by atoms with van der Waals surface area (Å²) in [6.45, 7) is 4.30. The van der Waals surface area contributed by atoms with Gasteiger partial charge in [0.2, 0.25) is 0 Å². The molecular formula is C9H11BrN2O2. The first-order valence-corrected chi connectivity index (χ1v) is 5.54. The van der Waals surface area contributed by atoms with Gasteiger partial charge in [0.05, 0.1) is 29.6 Å². The van der Waals surface area contributed by atoms with E-state index in [4.69, 9.17) is 9.47 Å². The zero-order valence-corrected chi connectivity index (χ0v) is 9.45. The summed E-state index contributed by atoms with van der Waals surface area (Å²) in [4.78, 5) is 0. The SMILES string of the molecule is CCn1ncc(Br)c1[C@@]12COC[C@H]1O2. The van der Waals surface area contributed by atoms with Crippen molar-refractivity contribution >= 4 is 15.9 Å². The third kappa shape index (κ3) is 0.975. The Morgan fingerprint density at radius 3 is 3.21 bits per heavy atom. The van der Waals surface area contributed by atoms with Gasteiger partial charge in [-0.15, -0.1) is 0 Å². The summed E-state index contributed by atoms with van der Waals surface area (Å²) in [7, 11) is 0. The lowest BCUT2D eigenvalue weighted by atomic mass is 10.0. The van der Waals surface area contributed by atoms with E-state index in [2.05, 4.69) is 28.0 Å². The molecule has 2 aliphatic heterocycles. The van der Waals surface area contributed by atoms with E-state index in [1.807, 2.05) is 10.9 Å². The van der Waals surface area contributed by atoms with Crippen molar-refractivity contribution in [1.82, 2.24) is 9.78 Å². The van der Waals surface area contributed by atoms with Gasteiger partial charge in [0.25, 0.3) is 0 Å². The average molecular weight is 259 g/mol. The second kappa shape index (κ2) is 2.81. The lowest BCUT2D eigenvalue weighted by Crippen LogP contribution is -2.19. The number of ether oxygens (including phenoxy) is 2. The third-order valence-corrected chi connectivity index (χ3v) is 3.48. The number of halogens is 1. The lowest BCUT2D eigenvalue weighted by molar-refractivity contribution is 0.0659. The van der Waals surface area contributed by atoms with Crippen LogP contribution in [-0.2, 0) is 21.6 Å². The van der Waals surface area contributed by atoms with Crippen molar-refractivity contribution in [3.63, 3.8) is 0 Å². The Morgan fingerprint density at radius 2 is 2.64 bits per heavy atom. The van der Waals surface area contributed by atoms with E-state index in [1.54, 1.807) is 0 Å². The van der Waals surface area contributed by atoms with Crippen molar-refractivity contribution in [3.8, 4) is 0 Å². The molecule has 2 aliphatic rings. The molecule has 0 unspecified atom stereocenters. The summed E-state index contributed by atoms with van der Waals surface area (Å²) >= 11 is 3.51. The Kier molecular flexibility index (Phi) is 1.78. The largest absolute Gasteiger partial charge is 0.375 e. The molecule has 0 bridgehead atoms. The van der Waals surface area contributed by atoms with Crippen LogP contribution in [0.2, 0.25) is 0 Å². The van der Waals surface area contributed by atoms with E-state index in [-0.39, 0.29) is 11.7 Å². The first-order valence-electron chi connectivity index (χ1n) is 4.75. The summed E-state index contributed by atoms with van der Waals surface area (Å²) < 4.78 is 14.1. The van der Waals surface area contributed by atoms with Crippen LogP contribution in [0.25, 0.3) is 0 Å². The van der Waals surface area contributed by atoms with Crippen molar-refractivity contribution in [2.24, 2.45) is 0 Å². The van der Waals surface area contributed by atoms with E-state index in [0.717, 1.165) is 16.7 Å². The van der Waals surface area contributed by atoms with Gasteiger partial charge in [-0.2, -0.15) is 5.10 Å². The molecule has 0 aliphatic carbocycles. The molecule has 2 fully saturated rings. The van der Waals surface area contributed by atoms with E-state index >= 15 is 0 Å². The number of nitrogens with zero attached hydrogens (tertiary/aromatic N) is 2. The van der Waals surface area contributed by atoms with Crippen LogP contribution in [0.4, 0.5) is 0 Å². The molecule has 0 amide bonds. The molecule has 3 rings (SSSR count). The number of fused-ring (bicyclic) bond motifs is 1.